The zero-order chi connectivity index (χ0) is 17.0. The minimum atomic E-state index is -3.47. The Morgan fingerprint density at radius 1 is 1.20 bits per heavy atom. The van der Waals surface area contributed by atoms with Gasteiger partial charge >= 0.3 is 0 Å². The van der Waals surface area contributed by atoms with Crippen LogP contribution in [-0.4, -0.2) is 32.0 Å². The number of sulfonamides is 1. The van der Waals surface area contributed by atoms with Gasteiger partial charge in [0, 0.05) is 42.1 Å². The average Bonchev–Trinajstić information content (AvgIpc) is 3.02. The number of rotatable bonds is 5. The normalized spacial score (nSPS) is 18.8. The maximum atomic E-state index is 13.1. The first-order valence-electron chi connectivity index (χ1n) is 8.63. The SMILES string of the molecule is O=S(=O)(c1cccs1)N(Cc1c2c(cc3c1OCC3)OCC2)C1CC1. The highest BCUT2D eigenvalue weighted by molar-refractivity contribution is 7.91. The number of hydrogen-bond donors (Lipinski definition) is 0. The summed E-state index contributed by atoms with van der Waals surface area (Å²) in [4.78, 5) is 0. The Labute approximate surface area is 151 Å². The highest BCUT2D eigenvalue weighted by Crippen LogP contribution is 2.43. The van der Waals surface area contributed by atoms with Crippen LogP contribution in [0.25, 0.3) is 0 Å². The second kappa shape index (κ2) is 5.72. The summed E-state index contributed by atoms with van der Waals surface area (Å²) in [6, 6.07) is 5.65. The van der Waals surface area contributed by atoms with Crippen molar-refractivity contribution in [2.75, 3.05) is 13.2 Å². The van der Waals surface area contributed by atoms with Crippen molar-refractivity contribution >= 4 is 21.4 Å². The molecule has 1 aliphatic carbocycles. The lowest BCUT2D eigenvalue weighted by molar-refractivity contribution is 0.342. The molecule has 5 rings (SSSR count). The van der Waals surface area contributed by atoms with Crippen molar-refractivity contribution in [3.63, 3.8) is 0 Å². The standard InChI is InChI=1S/C18H19NO4S2/c20-25(21,17-2-1-9-24-17)19(13-3-4-13)11-15-14-6-8-22-16(14)10-12-5-7-23-18(12)15/h1-2,9-10,13H,3-8,11H2. The molecular formula is C18H19NO4S2. The molecule has 1 fully saturated rings. The van der Waals surface area contributed by atoms with Gasteiger partial charge in [-0.3, -0.25) is 0 Å². The van der Waals surface area contributed by atoms with Gasteiger partial charge in [0.1, 0.15) is 15.7 Å². The molecule has 0 atom stereocenters. The number of hydrogen-bond acceptors (Lipinski definition) is 5. The molecule has 1 aromatic carbocycles. The van der Waals surface area contributed by atoms with E-state index in [1.807, 2.05) is 5.38 Å². The molecule has 3 aliphatic rings. The Hall–Kier alpha value is -1.57. The molecule has 1 aromatic heterocycles. The number of benzene rings is 1. The predicted octanol–water partition coefficient (Wildman–Crippen LogP) is 2.97. The monoisotopic (exact) mass is 377 g/mol. The molecule has 0 radical (unpaired) electrons. The van der Waals surface area contributed by atoms with Gasteiger partial charge in [0.25, 0.3) is 10.0 Å². The third kappa shape index (κ3) is 2.56. The van der Waals surface area contributed by atoms with Crippen molar-refractivity contribution in [1.29, 1.82) is 0 Å². The van der Waals surface area contributed by atoms with Gasteiger partial charge in [0.05, 0.1) is 13.2 Å². The van der Waals surface area contributed by atoms with E-state index < -0.39 is 10.0 Å². The fourth-order valence-electron chi connectivity index (χ4n) is 3.71. The highest BCUT2D eigenvalue weighted by Gasteiger charge is 2.40. The molecule has 0 saturated heterocycles. The Kier molecular flexibility index (Phi) is 3.59. The number of ether oxygens (including phenoxy) is 2. The number of fused-ring (bicyclic) bond motifs is 2. The van der Waals surface area contributed by atoms with E-state index in [-0.39, 0.29) is 6.04 Å². The van der Waals surface area contributed by atoms with Gasteiger partial charge in [0.15, 0.2) is 0 Å². The minimum absolute atomic E-state index is 0.0994. The topological polar surface area (TPSA) is 55.8 Å². The summed E-state index contributed by atoms with van der Waals surface area (Å²) in [5.74, 6) is 1.79. The summed E-state index contributed by atoms with van der Waals surface area (Å²) in [5.41, 5.74) is 3.27. The maximum absolute atomic E-state index is 13.1. The van der Waals surface area contributed by atoms with Crippen LogP contribution in [0.15, 0.2) is 27.8 Å². The van der Waals surface area contributed by atoms with Crippen LogP contribution in [0, 0.1) is 0 Å². The van der Waals surface area contributed by atoms with Gasteiger partial charge < -0.3 is 9.47 Å². The van der Waals surface area contributed by atoms with Crippen LogP contribution >= 0.6 is 11.3 Å². The van der Waals surface area contributed by atoms with Crippen molar-refractivity contribution in [3.8, 4) is 11.5 Å². The van der Waals surface area contributed by atoms with Crippen molar-refractivity contribution < 1.29 is 17.9 Å². The van der Waals surface area contributed by atoms with Gasteiger partial charge in [-0.1, -0.05) is 6.07 Å². The average molecular weight is 377 g/mol. The summed E-state index contributed by atoms with van der Waals surface area (Å²) in [6.45, 7) is 1.69. The van der Waals surface area contributed by atoms with Crippen molar-refractivity contribution in [3.05, 3.63) is 40.3 Å². The molecule has 0 unspecified atom stereocenters. The van der Waals surface area contributed by atoms with Gasteiger partial charge in [-0.05, 0) is 30.4 Å². The Morgan fingerprint density at radius 3 is 2.80 bits per heavy atom. The zero-order valence-electron chi connectivity index (χ0n) is 13.7. The second-order valence-corrected chi connectivity index (χ2v) is 9.80. The van der Waals surface area contributed by atoms with E-state index in [9.17, 15) is 8.42 Å². The summed E-state index contributed by atoms with van der Waals surface area (Å²) < 4.78 is 40.0. The number of nitrogens with zero attached hydrogens (tertiary/aromatic N) is 1. The zero-order valence-corrected chi connectivity index (χ0v) is 15.4. The molecule has 0 spiro atoms. The van der Waals surface area contributed by atoms with Crippen LogP contribution in [-0.2, 0) is 29.4 Å². The summed E-state index contributed by atoms with van der Waals surface area (Å²) >= 11 is 1.28. The molecule has 5 nitrogen and oxygen atoms in total. The first kappa shape index (κ1) is 15.7. The minimum Gasteiger partial charge on any atom is -0.493 e. The van der Waals surface area contributed by atoms with Crippen LogP contribution in [0.2, 0.25) is 0 Å². The quantitative estimate of drug-likeness (QED) is 0.804. The third-order valence-electron chi connectivity index (χ3n) is 5.09. The van der Waals surface area contributed by atoms with E-state index >= 15 is 0 Å². The molecule has 2 aromatic rings. The van der Waals surface area contributed by atoms with Crippen LogP contribution < -0.4 is 9.47 Å². The maximum Gasteiger partial charge on any atom is 0.253 e. The predicted molar refractivity (Wildman–Crippen MR) is 94.9 cm³/mol. The fourth-order valence-corrected chi connectivity index (χ4v) is 6.48. The molecule has 7 heteroatoms. The van der Waals surface area contributed by atoms with Crippen LogP contribution in [0.3, 0.4) is 0 Å². The van der Waals surface area contributed by atoms with Crippen molar-refractivity contribution in [1.82, 2.24) is 4.31 Å². The molecule has 0 N–H and O–H groups in total. The molecule has 2 aliphatic heterocycles. The molecule has 1 saturated carbocycles. The van der Waals surface area contributed by atoms with E-state index in [0.29, 0.717) is 24.0 Å². The summed E-state index contributed by atoms with van der Waals surface area (Å²) in [7, 11) is -3.47. The summed E-state index contributed by atoms with van der Waals surface area (Å²) in [5, 5.41) is 1.81. The fraction of sp³-hybridized carbons (Fsp3) is 0.444. The Morgan fingerprint density at radius 2 is 2.04 bits per heavy atom. The largest absolute Gasteiger partial charge is 0.493 e. The molecule has 132 valence electrons. The molecule has 0 amide bonds. The van der Waals surface area contributed by atoms with E-state index in [2.05, 4.69) is 6.07 Å². The van der Waals surface area contributed by atoms with E-state index in [1.54, 1.807) is 16.4 Å². The smallest absolute Gasteiger partial charge is 0.253 e. The lowest BCUT2D eigenvalue weighted by atomic mass is 9.99. The van der Waals surface area contributed by atoms with E-state index in [4.69, 9.17) is 9.47 Å². The van der Waals surface area contributed by atoms with E-state index in [0.717, 1.165) is 53.9 Å². The third-order valence-corrected chi connectivity index (χ3v) is 8.36. The number of thiophene rings is 1. The van der Waals surface area contributed by atoms with Crippen LogP contribution in [0.4, 0.5) is 0 Å². The first-order chi connectivity index (χ1) is 12.1. The molecular weight excluding hydrogens is 358 g/mol. The molecule has 0 bridgehead atoms. The Balaban J connectivity index is 1.58. The van der Waals surface area contributed by atoms with Gasteiger partial charge in [-0.2, -0.15) is 4.31 Å². The van der Waals surface area contributed by atoms with Crippen molar-refractivity contribution in [2.24, 2.45) is 0 Å². The Bertz CT molecular complexity index is 885. The van der Waals surface area contributed by atoms with Crippen LogP contribution in [0.1, 0.15) is 29.5 Å². The first-order valence-corrected chi connectivity index (χ1v) is 10.9. The van der Waals surface area contributed by atoms with E-state index in [1.165, 1.54) is 11.3 Å². The van der Waals surface area contributed by atoms with Gasteiger partial charge in [-0.15, -0.1) is 11.3 Å². The van der Waals surface area contributed by atoms with Crippen LogP contribution in [0.5, 0.6) is 11.5 Å². The lowest BCUT2D eigenvalue weighted by Crippen LogP contribution is -2.32. The molecule has 3 heterocycles. The highest BCUT2D eigenvalue weighted by atomic mass is 32.2. The van der Waals surface area contributed by atoms with Crippen molar-refractivity contribution in [2.45, 2.75) is 42.5 Å². The van der Waals surface area contributed by atoms with Gasteiger partial charge in [0.2, 0.25) is 0 Å². The lowest BCUT2D eigenvalue weighted by Gasteiger charge is -2.23. The van der Waals surface area contributed by atoms with Gasteiger partial charge in [-0.25, -0.2) is 8.42 Å². The second-order valence-electron chi connectivity index (χ2n) is 6.73. The summed E-state index contributed by atoms with van der Waals surface area (Å²) in [6.07, 6.45) is 3.54. The molecule has 25 heavy (non-hydrogen) atoms.